The third kappa shape index (κ3) is 3.31. The second kappa shape index (κ2) is 5.81. The van der Waals surface area contributed by atoms with Crippen LogP contribution in [-0.2, 0) is 7.05 Å². The Morgan fingerprint density at radius 3 is 2.22 bits per heavy atom. The van der Waals surface area contributed by atoms with Gasteiger partial charge in [0.1, 0.15) is 5.82 Å². The molecule has 0 unspecified atom stereocenters. The fraction of sp³-hybridized carbons (Fsp3) is 0.250. The molecule has 18 heavy (non-hydrogen) atoms. The lowest BCUT2D eigenvalue weighted by atomic mass is 10.1. The van der Waals surface area contributed by atoms with Crippen LogP contribution in [0, 0.1) is 17.0 Å². The van der Waals surface area contributed by atoms with E-state index in [-0.39, 0.29) is 0 Å². The number of hydrogen-bond acceptors (Lipinski definition) is 4. The molecule has 0 atom stereocenters. The quantitative estimate of drug-likeness (QED) is 0.616. The Kier molecular flexibility index (Phi) is 4.42. The number of nitro groups is 1. The summed E-state index contributed by atoms with van der Waals surface area (Å²) in [6.07, 6.45) is 0. The zero-order chi connectivity index (χ0) is 13.7. The Bertz CT molecular complexity index is 531. The van der Waals surface area contributed by atoms with E-state index in [9.17, 15) is 0 Å². The first kappa shape index (κ1) is 13.7. The number of rotatable bonds is 1. The first-order valence-electron chi connectivity index (χ1n) is 5.36. The normalized spacial score (nSPS) is 9.50. The van der Waals surface area contributed by atoms with Gasteiger partial charge < -0.3 is 5.73 Å². The standard InChI is InChI=1S/C11H13N3.CH3NO2/c1-8-10(13-14(2)11(8)12)9-6-4-3-5-7-9;1-2(3)4/h3-7H,12H2,1-2H3;1H3. The number of aryl methyl sites for hydroxylation is 1. The molecule has 1 aromatic heterocycles. The molecule has 6 heteroatoms. The predicted molar refractivity (Wildman–Crippen MR) is 70.7 cm³/mol. The van der Waals surface area contributed by atoms with Crippen LogP contribution >= 0.6 is 0 Å². The molecule has 1 heterocycles. The van der Waals surface area contributed by atoms with Crippen LogP contribution in [-0.4, -0.2) is 21.8 Å². The average Bonchev–Trinajstić information content (AvgIpc) is 2.57. The maximum Gasteiger partial charge on any atom is 0.194 e. The highest BCUT2D eigenvalue weighted by Crippen LogP contribution is 2.24. The van der Waals surface area contributed by atoms with Crippen LogP contribution in [0.3, 0.4) is 0 Å². The van der Waals surface area contributed by atoms with E-state index in [1.165, 1.54) is 0 Å². The minimum absolute atomic E-state index is 0.500. The molecule has 2 N–H and O–H groups in total. The van der Waals surface area contributed by atoms with Gasteiger partial charge in [-0.2, -0.15) is 5.10 Å². The maximum atomic E-state index is 8.81. The molecule has 2 aromatic rings. The Morgan fingerprint density at radius 2 is 1.83 bits per heavy atom. The van der Waals surface area contributed by atoms with E-state index in [1.54, 1.807) is 4.68 Å². The molecule has 0 amide bonds. The van der Waals surface area contributed by atoms with Gasteiger partial charge in [0.05, 0.1) is 5.69 Å². The molecule has 0 saturated heterocycles. The molecule has 1 aromatic carbocycles. The Balaban J connectivity index is 0.000000357. The number of anilines is 1. The third-order valence-corrected chi connectivity index (χ3v) is 2.39. The summed E-state index contributed by atoms with van der Waals surface area (Å²) in [4.78, 5) is 8.31. The monoisotopic (exact) mass is 248 g/mol. The lowest BCUT2D eigenvalue weighted by molar-refractivity contribution is -0.445. The number of nitrogens with two attached hydrogens (primary N) is 1. The zero-order valence-electron chi connectivity index (χ0n) is 10.6. The van der Waals surface area contributed by atoms with Crippen molar-refractivity contribution in [3.8, 4) is 11.3 Å². The van der Waals surface area contributed by atoms with Gasteiger partial charge in [-0.15, -0.1) is 0 Å². The summed E-state index contributed by atoms with van der Waals surface area (Å²) in [6.45, 7) is 1.99. The van der Waals surface area contributed by atoms with E-state index in [0.29, 0.717) is 0 Å². The van der Waals surface area contributed by atoms with E-state index < -0.39 is 4.92 Å². The highest BCUT2D eigenvalue weighted by atomic mass is 16.6. The topological polar surface area (TPSA) is 87.0 Å². The SMILES string of the molecule is C[N+](=O)[O-].Cc1c(-c2ccccc2)nn(C)c1N. The zero-order valence-corrected chi connectivity index (χ0v) is 10.6. The Hall–Kier alpha value is -2.37. The Morgan fingerprint density at radius 1 is 1.33 bits per heavy atom. The van der Waals surface area contributed by atoms with Crippen LogP contribution in [0.15, 0.2) is 30.3 Å². The lowest BCUT2D eigenvalue weighted by Crippen LogP contribution is -1.97. The summed E-state index contributed by atoms with van der Waals surface area (Å²) in [6, 6.07) is 10.1. The summed E-state index contributed by atoms with van der Waals surface area (Å²) in [7, 11) is 2.74. The molecular formula is C12H16N4O2. The molecule has 6 nitrogen and oxygen atoms in total. The van der Waals surface area contributed by atoms with E-state index >= 15 is 0 Å². The lowest BCUT2D eigenvalue weighted by Gasteiger charge is -1.96. The van der Waals surface area contributed by atoms with E-state index in [2.05, 4.69) is 5.10 Å². The summed E-state index contributed by atoms with van der Waals surface area (Å²) < 4.78 is 1.71. The fourth-order valence-corrected chi connectivity index (χ4v) is 1.51. The molecule has 0 aliphatic rings. The molecule has 0 saturated carbocycles. The predicted octanol–water partition coefficient (Wildman–Crippen LogP) is 1.87. The van der Waals surface area contributed by atoms with Gasteiger partial charge in [-0.3, -0.25) is 14.8 Å². The van der Waals surface area contributed by atoms with E-state index in [4.69, 9.17) is 15.8 Å². The summed E-state index contributed by atoms with van der Waals surface area (Å²) in [5.74, 6) is 0.726. The smallest absolute Gasteiger partial charge is 0.194 e. The first-order chi connectivity index (χ1) is 8.43. The summed E-state index contributed by atoms with van der Waals surface area (Å²) in [5.41, 5.74) is 8.95. The van der Waals surface area contributed by atoms with Crippen LogP contribution < -0.4 is 5.73 Å². The highest BCUT2D eigenvalue weighted by Gasteiger charge is 2.10. The van der Waals surface area contributed by atoms with Crippen molar-refractivity contribution in [3.05, 3.63) is 46.0 Å². The minimum Gasteiger partial charge on any atom is -0.384 e. The van der Waals surface area contributed by atoms with Gasteiger partial charge >= 0.3 is 0 Å². The van der Waals surface area contributed by atoms with Crippen molar-refractivity contribution in [1.29, 1.82) is 0 Å². The molecule has 0 aliphatic heterocycles. The van der Waals surface area contributed by atoms with Crippen molar-refractivity contribution >= 4 is 5.82 Å². The number of aromatic nitrogens is 2. The van der Waals surface area contributed by atoms with Gasteiger partial charge in [0.25, 0.3) is 0 Å². The van der Waals surface area contributed by atoms with Crippen molar-refractivity contribution in [2.24, 2.45) is 7.05 Å². The summed E-state index contributed by atoms with van der Waals surface area (Å²) >= 11 is 0. The van der Waals surface area contributed by atoms with Gasteiger partial charge in [-0.1, -0.05) is 30.3 Å². The van der Waals surface area contributed by atoms with Gasteiger partial charge in [-0.25, -0.2) is 0 Å². The molecular weight excluding hydrogens is 232 g/mol. The molecule has 0 fully saturated rings. The number of nitrogen functional groups attached to an aromatic ring is 1. The summed E-state index contributed by atoms with van der Waals surface area (Å²) in [5, 5.41) is 13.2. The van der Waals surface area contributed by atoms with Crippen molar-refractivity contribution in [2.45, 2.75) is 6.92 Å². The van der Waals surface area contributed by atoms with Gasteiger partial charge in [0.2, 0.25) is 0 Å². The van der Waals surface area contributed by atoms with E-state index in [0.717, 1.165) is 29.7 Å². The number of benzene rings is 1. The molecule has 0 spiro atoms. The van der Waals surface area contributed by atoms with Crippen molar-refractivity contribution in [1.82, 2.24) is 9.78 Å². The van der Waals surface area contributed by atoms with Crippen LogP contribution in [0.4, 0.5) is 5.82 Å². The third-order valence-electron chi connectivity index (χ3n) is 2.39. The van der Waals surface area contributed by atoms with Crippen molar-refractivity contribution in [2.75, 3.05) is 12.8 Å². The molecule has 0 radical (unpaired) electrons. The molecule has 96 valence electrons. The average molecular weight is 248 g/mol. The van der Waals surface area contributed by atoms with Crippen LogP contribution in [0.25, 0.3) is 11.3 Å². The van der Waals surface area contributed by atoms with E-state index in [1.807, 2.05) is 44.3 Å². The molecule has 0 bridgehead atoms. The van der Waals surface area contributed by atoms with Crippen LogP contribution in [0.2, 0.25) is 0 Å². The Labute approximate surface area is 105 Å². The van der Waals surface area contributed by atoms with Crippen molar-refractivity contribution in [3.63, 3.8) is 0 Å². The molecule has 0 aliphatic carbocycles. The van der Waals surface area contributed by atoms with Crippen LogP contribution in [0.1, 0.15) is 5.56 Å². The number of nitrogens with zero attached hydrogens (tertiary/aromatic N) is 3. The first-order valence-corrected chi connectivity index (χ1v) is 5.36. The second-order valence-electron chi connectivity index (χ2n) is 3.79. The molecule has 2 rings (SSSR count). The number of hydrogen-bond donors (Lipinski definition) is 1. The largest absolute Gasteiger partial charge is 0.384 e. The maximum absolute atomic E-state index is 8.81. The second-order valence-corrected chi connectivity index (χ2v) is 3.79. The minimum atomic E-state index is -0.500. The highest BCUT2D eigenvalue weighted by molar-refractivity contribution is 5.67. The van der Waals surface area contributed by atoms with Gasteiger partial charge in [0, 0.05) is 23.1 Å². The van der Waals surface area contributed by atoms with Crippen LogP contribution in [0.5, 0.6) is 0 Å². The van der Waals surface area contributed by atoms with Gasteiger partial charge in [-0.05, 0) is 6.92 Å². The van der Waals surface area contributed by atoms with Crippen molar-refractivity contribution < 1.29 is 4.92 Å². The van der Waals surface area contributed by atoms with Gasteiger partial charge in [0.15, 0.2) is 7.05 Å². The fourth-order valence-electron chi connectivity index (χ4n) is 1.51.